The Morgan fingerprint density at radius 1 is 1.09 bits per heavy atom. The first kappa shape index (κ1) is 23.8. The number of nitrogens with zero attached hydrogens (tertiary/aromatic N) is 3. The normalized spacial score (nSPS) is 11.6. The van der Waals surface area contributed by atoms with Gasteiger partial charge in [-0.3, -0.25) is 0 Å². The van der Waals surface area contributed by atoms with E-state index in [9.17, 15) is 12.8 Å². The number of nitrogens with two attached hydrogens (primary N) is 1. The number of aromatic nitrogens is 2. The fraction of sp³-hybridized carbons (Fsp3) is 0.304. The molecule has 3 aromatic rings. The molecule has 0 saturated heterocycles. The van der Waals surface area contributed by atoms with Gasteiger partial charge in [-0.1, -0.05) is 30.3 Å². The van der Waals surface area contributed by atoms with Gasteiger partial charge < -0.3 is 11.1 Å². The van der Waals surface area contributed by atoms with Crippen LogP contribution < -0.4 is 11.1 Å². The summed E-state index contributed by atoms with van der Waals surface area (Å²) in [6, 6.07) is 15.9. The Labute approximate surface area is 188 Å². The van der Waals surface area contributed by atoms with Crippen molar-refractivity contribution in [1.82, 2.24) is 14.3 Å². The smallest absolute Gasteiger partial charge is 0.223 e. The van der Waals surface area contributed by atoms with Crippen LogP contribution in [0.5, 0.6) is 0 Å². The van der Waals surface area contributed by atoms with Crippen molar-refractivity contribution in [3.8, 4) is 11.3 Å². The second-order valence-electron chi connectivity index (χ2n) is 7.51. The Kier molecular flexibility index (Phi) is 8.26. The molecule has 0 fully saturated rings. The molecule has 1 heterocycles. The molecule has 0 aliphatic heterocycles. The van der Waals surface area contributed by atoms with Crippen molar-refractivity contribution in [2.45, 2.75) is 19.4 Å². The summed E-state index contributed by atoms with van der Waals surface area (Å²) >= 11 is 0. The third-order valence-corrected chi connectivity index (χ3v) is 6.18. The topological polar surface area (TPSA) is 101 Å². The van der Waals surface area contributed by atoms with Gasteiger partial charge >= 0.3 is 0 Å². The van der Waals surface area contributed by atoms with Crippen molar-refractivity contribution in [2.24, 2.45) is 5.73 Å². The summed E-state index contributed by atoms with van der Waals surface area (Å²) in [6.07, 6.45) is 4.21. The molecule has 7 nitrogen and oxygen atoms in total. The van der Waals surface area contributed by atoms with E-state index < -0.39 is 10.0 Å². The van der Waals surface area contributed by atoms with E-state index in [0.717, 1.165) is 22.4 Å². The maximum atomic E-state index is 13.0. The standard InChI is InChI=1S/C23H28FN5O2S/c1-32(30,31)29(15-3-12-25)17-19-4-2-5-20(16-19)22-11-14-27-23(28-22)26-13-10-18-6-8-21(24)9-7-18/h2,4-9,11,14,16H,3,10,12-13,15,17,25H2,1H3,(H,26,27,28). The van der Waals surface area contributed by atoms with Crippen LogP contribution >= 0.6 is 0 Å². The Hall–Kier alpha value is -2.88. The van der Waals surface area contributed by atoms with E-state index in [4.69, 9.17) is 5.73 Å². The molecule has 0 saturated carbocycles. The Balaban J connectivity index is 1.68. The van der Waals surface area contributed by atoms with E-state index in [1.807, 2.05) is 30.3 Å². The first-order chi connectivity index (χ1) is 15.3. The first-order valence-electron chi connectivity index (χ1n) is 10.4. The van der Waals surface area contributed by atoms with Crippen molar-refractivity contribution >= 4 is 16.0 Å². The zero-order valence-electron chi connectivity index (χ0n) is 18.0. The zero-order chi connectivity index (χ0) is 23.0. The summed E-state index contributed by atoms with van der Waals surface area (Å²) in [4.78, 5) is 8.84. The van der Waals surface area contributed by atoms with Crippen LogP contribution in [0.1, 0.15) is 17.5 Å². The molecule has 0 spiro atoms. The molecule has 32 heavy (non-hydrogen) atoms. The number of rotatable bonds is 11. The van der Waals surface area contributed by atoms with Gasteiger partial charge in [-0.15, -0.1) is 0 Å². The third kappa shape index (κ3) is 7.08. The van der Waals surface area contributed by atoms with E-state index in [2.05, 4.69) is 15.3 Å². The van der Waals surface area contributed by atoms with Crippen molar-refractivity contribution in [1.29, 1.82) is 0 Å². The van der Waals surface area contributed by atoms with Gasteiger partial charge in [-0.05, 0) is 54.8 Å². The molecule has 0 bridgehead atoms. The van der Waals surface area contributed by atoms with Gasteiger partial charge in [0.15, 0.2) is 0 Å². The maximum Gasteiger partial charge on any atom is 0.223 e. The van der Waals surface area contributed by atoms with Gasteiger partial charge in [0, 0.05) is 31.4 Å². The van der Waals surface area contributed by atoms with Crippen LogP contribution in [0, 0.1) is 5.82 Å². The van der Waals surface area contributed by atoms with Crippen LogP contribution in [-0.4, -0.2) is 48.6 Å². The highest BCUT2D eigenvalue weighted by Crippen LogP contribution is 2.20. The number of halogens is 1. The predicted octanol–water partition coefficient (Wildman–Crippen LogP) is 3.05. The van der Waals surface area contributed by atoms with Crippen LogP contribution in [0.25, 0.3) is 11.3 Å². The van der Waals surface area contributed by atoms with E-state index >= 15 is 0 Å². The average Bonchev–Trinajstić information content (AvgIpc) is 2.78. The second-order valence-corrected chi connectivity index (χ2v) is 9.49. The summed E-state index contributed by atoms with van der Waals surface area (Å²) in [5, 5.41) is 3.19. The summed E-state index contributed by atoms with van der Waals surface area (Å²) in [5.74, 6) is 0.245. The lowest BCUT2D eigenvalue weighted by Gasteiger charge is -2.20. The average molecular weight is 458 g/mol. The number of hydrogen-bond donors (Lipinski definition) is 2. The minimum absolute atomic E-state index is 0.251. The van der Waals surface area contributed by atoms with Gasteiger partial charge in [-0.2, -0.15) is 4.31 Å². The van der Waals surface area contributed by atoms with Gasteiger partial charge in [0.1, 0.15) is 5.82 Å². The molecular formula is C23H28FN5O2S. The number of anilines is 1. The summed E-state index contributed by atoms with van der Waals surface area (Å²) < 4.78 is 38.6. The van der Waals surface area contributed by atoms with Crippen LogP contribution in [-0.2, 0) is 23.0 Å². The lowest BCUT2D eigenvalue weighted by molar-refractivity contribution is 0.405. The number of sulfonamides is 1. The summed E-state index contributed by atoms with van der Waals surface area (Å²) in [6.45, 7) is 1.71. The third-order valence-electron chi connectivity index (χ3n) is 4.93. The molecule has 9 heteroatoms. The van der Waals surface area contributed by atoms with Crippen LogP contribution in [0.3, 0.4) is 0 Å². The molecule has 0 atom stereocenters. The molecule has 3 N–H and O–H groups in total. The predicted molar refractivity (Wildman–Crippen MR) is 125 cm³/mol. The highest BCUT2D eigenvalue weighted by atomic mass is 32.2. The highest BCUT2D eigenvalue weighted by Gasteiger charge is 2.16. The summed E-state index contributed by atoms with van der Waals surface area (Å²) in [5.41, 5.74) is 9.04. The highest BCUT2D eigenvalue weighted by molar-refractivity contribution is 7.88. The zero-order valence-corrected chi connectivity index (χ0v) is 18.9. The van der Waals surface area contributed by atoms with Crippen LogP contribution in [0.4, 0.5) is 10.3 Å². The van der Waals surface area contributed by atoms with Gasteiger partial charge in [-0.25, -0.2) is 22.8 Å². The number of hydrogen-bond acceptors (Lipinski definition) is 6. The fourth-order valence-electron chi connectivity index (χ4n) is 3.24. The Bertz CT molecular complexity index is 1120. The van der Waals surface area contributed by atoms with Crippen molar-refractivity contribution < 1.29 is 12.8 Å². The van der Waals surface area contributed by atoms with Crippen LogP contribution in [0.15, 0.2) is 60.8 Å². The van der Waals surface area contributed by atoms with Crippen molar-refractivity contribution in [3.05, 3.63) is 77.7 Å². The molecule has 0 amide bonds. The monoisotopic (exact) mass is 457 g/mol. The van der Waals surface area contributed by atoms with E-state index in [1.54, 1.807) is 18.3 Å². The molecule has 0 unspecified atom stereocenters. The van der Waals surface area contributed by atoms with Crippen LogP contribution in [0.2, 0.25) is 0 Å². The van der Waals surface area contributed by atoms with E-state index in [-0.39, 0.29) is 12.4 Å². The second kappa shape index (κ2) is 11.1. The minimum Gasteiger partial charge on any atom is -0.354 e. The molecule has 1 aromatic heterocycles. The minimum atomic E-state index is -3.33. The van der Waals surface area contributed by atoms with Crippen molar-refractivity contribution in [3.63, 3.8) is 0 Å². The lowest BCUT2D eigenvalue weighted by atomic mass is 10.1. The van der Waals surface area contributed by atoms with E-state index in [1.165, 1.54) is 22.7 Å². The van der Waals surface area contributed by atoms with Gasteiger partial charge in [0.25, 0.3) is 0 Å². The van der Waals surface area contributed by atoms with E-state index in [0.29, 0.717) is 38.4 Å². The maximum absolute atomic E-state index is 13.0. The molecule has 3 rings (SSSR count). The van der Waals surface area contributed by atoms with Gasteiger partial charge in [0.05, 0.1) is 11.9 Å². The Morgan fingerprint density at radius 3 is 2.59 bits per heavy atom. The number of benzene rings is 2. The van der Waals surface area contributed by atoms with Crippen molar-refractivity contribution in [2.75, 3.05) is 31.2 Å². The molecule has 170 valence electrons. The summed E-state index contributed by atoms with van der Waals surface area (Å²) in [7, 11) is -3.33. The molecule has 2 aromatic carbocycles. The quantitative estimate of drug-likeness (QED) is 0.459. The fourth-order valence-corrected chi connectivity index (χ4v) is 4.08. The molecule has 0 radical (unpaired) electrons. The Morgan fingerprint density at radius 2 is 1.88 bits per heavy atom. The largest absolute Gasteiger partial charge is 0.354 e. The van der Waals surface area contributed by atoms with Gasteiger partial charge in [0.2, 0.25) is 16.0 Å². The lowest BCUT2D eigenvalue weighted by Crippen LogP contribution is -2.31. The number of nitrogens with one attached hydrogen (secondary N) is 1. The first-order valence-corrected chi connectivity index (χ1v) is 12.3. The SMILES string of the molecule is CS(=O)(=O)N(CCCN)Cc1cccc(-c2ccnc(NCCc3ccc(F)cc3)n2)c1. The molecule has 0 aliphatic carbocycles. The molecular weight excluding hydrogens is 429 g/mol. The molecule has 0 aliphatic rings.